The Labute approximate surface area is 218 Å². The molecule has 0 bridgehead atoms. The third-order valence-corrected chi connectivity index (χ3v) is 6.27. The summed E-state index contributed by atoms with van der Waals surface area (Å²) in [5.74, 6) is -0.339. The van der Waals surface area contributed by atoms with E-state index in [-0.39, 0.29) is 24.5 Å². The number of ketones is 1. The van der Waals surface area contributed by atoms with Crippen LogP contribution in [0.1, 0.15) is 24.2 Å². The summed E-state index contributed by atoms with van der Waals surface area (Å²) in [7, 11) is 0. The first kappa shape index (κ1) is 30.7. The molecule has 3 rings (SSSR count). The Bertz CT molecular complexity index is 902. The molecule has 2 fully saturated rings. The number of para-hydroxylation sites is 1. The maximum atomic E-state index is 12.4. The highest BCUT2D eigenvalue weighted by molar-refractivity contribution is 6.03. The highest BCUT2D eigenvalue weighted by atomic mass is 16.7. The van der Waals surface area contributed by atoms with E-state index in [9.17, 15) is 45.6 Å². The minimum atomic E-state index is -1.77. The predicted molar refractivity (Wildman–Crippen MR) is 125 cm³/mol. The highest BCUT2D eigenvalue weighted by Gasteiger charge is 2.50. The minimum Gasteiger partial charge on any atom is -0.490 e. The van der Waals surface area contributed by atoms with E-state index in [0.717, 1.165) is 0 Å². The van der Waals surface area contributed by atoms with Crippen LogP contribution in [0.15, 0.2) is 24.3 Å². The van der Waals surface area contributed by atoms with Gasteiger partial charge in [0.25, 0.3) is 0 Å². The van der Waals surface area contributed by atoms with Crippen LogP contribution >= 0.6 is 0 Å². The number of hydrogen-bond donors (Lipinski definition) is 8. The van der Waals surface area contributed by atoms with Crippen molar-refractivity contribution >= 4 is 5.78 Å². The number of hydrogen-bond acceptors (Lipinski definition) is 14. The van der Waals surface area contributed by atoms with Gasteiger partial charge < -0.3 is 64.5 Å². The van der Waals surface area contributed by atoms with E-state index in [2.05, 4.69) is 0 Å². The number of ether oxygens (including phenoxy) is 5. The van der Waals surface area contributed by atoms with Gasteiger partial charge in [0.05, 0.1) is 25.4 Å². The van der Waals surface area contributed by atoms with E-state index in [1.807, 2.05) is 0 Å². The molecule has 38 heavy (non-hydrogen) atoms. The van der Waals surface area contributed by atoms with E-state index in [0.29, 0.717) is 0 Å². The van der Waals surface area contributed by atoms with E-state index >= 15 is 0 Å². The third kappa shape index (κ3) is 6.85. The molecule has 2 heterocycles. The van der Waals surface area contributed by atoms with Crippen LogP contribution in [0.2, 0.25) is 0 Å². The van der Waals surface area contributed by atoms with Crippen LogP contribution < -0.4 is 4.74 Å². The highest BCUT2D eigenvalue weighted by Crippen LogP contribution is 2.30. The fraction of sp³-hybridized carbons (Fsp3) is 0.708. The summed E-state index contributed by atoms with van der Waals surface area (Å²) in [4.78, 5) is 12.4. The molecule has 0 radical (unpaired) electrons. The normalized spacial score (nSPS) is 36.2. The lowest BCUT2D eigenvalue weighted by Crippen LogP contribution is -2.64. The zero-order valence-electron chi connectivity index (χ0n) is 20.9. The van der Waals surface area contributed by atoms with Crippen LogP contribution in [0.4, 0.5) is 0 Å². The molecule has 8 N–H and O–H groups in total. The molecule has 1 aromatic rings. The number of benzene rings is 1. The fourth-order valence-corrected chi connectivity index (χ4v) is 4.12. The van der Waals surface area contributed by atoms with Crippen LogP contribution in [-0.2, 0) is 18.9 Å². The van der Waals surface area contributed by atoms with Crippen LogP contribution in [0.25, 0.3) is 0 Å². The Hall–Kier alpha value is -1.79. The quantitative estimate of drug-likeness (QED) is 0.1000. The number of rotatable bonds is 11. The van der Waals surface area contributed by atoms with Gasteiger partial charge in [-0.1, -0.05) is 12.1 Å². The van der Waals surface area contributed by atoms with E-state index in [1.54, 1.807) is 12.1 Å². The smallest absolute Gasteiger partial charge is 0.197 e. The molecule has 2 aliphatic heterocycles. The van der Waals surface area contributed by atoms with Crippen molar-refractivity contribution < 1.29 is 69.3 Å². The third-order valence-electron chi connectivity index (χ3n) is 6.27. The monoisotopic (exact) mass is 548 g/mol. The van der Waals surface area contributed by atoms with Crippen LogP contribution in [0.5, 0.6) is 5.75 Å². The average molecular weight is 549 g/mol. The van der Waals surface area contributed by atoms with Crippen molar-refractivity contribution in [1.29, 1.82) is 0 Å². The van der Waals surface area contributed by atoms with Gasteiger partial charge in [-0.05, 0) is 26.0 Å². The maximum Gasteiger partial charge on any atom is 0.197 e. The molecule has 0 saturated carbocycles. The summed E-state index contributed by atoms with van der Waals surface area (Å²) < 4.78 is 27.3. The van der Waals surface area contributed by atoms with Gasteiger partial charge in [-0.3, -0.25) is 4.79 Å². The van der Waals surface area contributed by atoms with Gasteiger partial charge in [0.2, 0.25) is 0 Å². The molecule has 10 atom stereocenters. The molecular formula is C24H36O14. The number of carbonyl (C=O) groups excluding carboxylic acids is 1. The second-order valence-electron chi connectivity index (χ2n) is 9.61. The van der Waals surface area contributed by atoms with Crippen LogP contribution in [-0.4, -0.2) is 140 Å². The summed E-state index contributed by atoms with van der Waals surface area (Å²) >= 11 is 0. The first-order valence-electron chi connectivity index (χ1n) is 12.1. The lowest BCUT2D eigenvalue weighted by molar-refractivity contribution is -0.359. The molecule has 0 aliphatic carbocycles. The molecule has 14 nitrogen and oxygen atoms in total. The van der Waals surface area contributed by atoms with Crippen molar-refractivity contribution in [3.63, 3.8) is 0 Å². The lowest BCUT2D eigenvalue weighted by Gasteiger charge is -2.45. The Morgan fingerprint density at radius 2 is 1.45 bits per heavy atom. The molecule has 0 unspecified atom stereocenters. The number of Topliss-reactive ketones (excluding diaryl/α,β-unsaturated/α-hetero) is 1. The average Bonchev–Trinajstić information content (AvgIpc) is 2.89. The van der Waals surface area contributed by atoms with Gasteiger partial charge in [0.15, 0.2) is 18.4 Å². The lowest BCUT2D eigenvalue weighted by atomic mass is 9.96. The summed E-state index contributed by atoms with van der Waals surface area (Å²) in [6.45, 7) is 1.04. The van der Waals surface area contributed by atoms with Crippen molar-refractivity contribution in [3.8, 4) is 5.75 Å². The number of aliphatic hydroxyl groups excluding tert-OH is 7. The summed E-state index contributed by atoms with van der Waals surface area (Å²) in [6, 6.07) is 6.30. The van der Waals surface area contributed by atoms with E-state index in [1.165, 1.54) is 26.0 Å². The topological polar surface area (TPSA) is 225 Å². The second-order valence-corrected chi connectivity index (χ2v) is 9.61. The van der Waals surface area contributed by atoms with Crippen LogP contribution in [0.3, 0.4) is 0 Å². The molecule has 216 valence electrons. The molecule has 1 aromatic carbocycles. The molecule has 14 heteroatoms. The SMILES string of the molecule is CC(C)(O)C(=O)c1ccccc1OCCO[C@@H]1O[C@H](CO)[C@@H](O[C@@H]2O[C@H](CO)[C@@H](O)[C@H](O)[C@H]2O)[C@H](O)[C@H]1O. The van der Waals surface area contributed by atoms with Gasteiger partial charge in [-0.25, -0.2) is 0 Å². The second kappa shape index (κ2) is 13.0. The largest absolute Gasteiger partial charge is 0.490 e. The Morgan fingerprint density at radius 1 is 0.842 bits per heavy atom. The molecule has 2 saturated heterocycles. The van der Waals surface area contributed by atoms with Crippen molar-refractivity contribution in [2.45, 2.75) is 80.9 Å². The van der Waals surface area contributed by atoms with Crippen molar-refractivity contribution in [2.75, 3.05) is 26.4 Å². The van der Waals surface area contributed by atoms with Crippen molar-refractivity contribution in [1.82, 2.24) is 0 Å². The van der Waals surface area contributed by atoms with E-state index < -0.39 is 86.0 Å². The Balaban J connectivity index is 1.58. The molecule has 0 aromatic heterocycles. The van der Waals surface area contributed by atoms with Crippen molar-refractivity contribution in [3.05, 3.63) is 29.8 Å². The van der Waals surface area contributed by atoms with Gasteiger partial charge in [-0.15, -0.1) is 0 Å². The first-order chi connectivity index (χ1) is 17.9. The molecular weight excluding hydrogens is 512 g/mol. The van der Waals surface area contributed by atoms with Gasteiger partial charge >= 0.3 is 0 Å². The fourth-order valence-electron chi connectivity index (χ4n) is 4.12. The summed E-state index contributed by atoms with van der Waals surface area (Å²) in [5.41, 5.74) is -1.45. The predicted octanol–water partition coefficient (Wildman–Crippen LogP) is -3.34. The van der Waals surface area contributed by atoms with E-state index in [4.69, 9.17) is 23.7 Å². The van der Waals surface area contributed by atoms with Gasteiger partial charge in [0, 0.05) is 0 Å². The first-order valence-corrected chi connectivity index (χ1v) is 12.1. The minimum absolute atomic E-state index is 0.104. The molecule has 0 amide bonds. The number of aliphatic hydroxyl groups is 8. The van der Waals surface area contributed by atoms with Crippen molar-refractivity contribution in [2.24, 2.45) is 0 Å². The van der Waals surface area contributed by atoms with Gasteiger partial charge in [-0.2, -0.15) is 0 Å². The Kier molecular flexibility index (Phi) is 10.6. The molecule has 2 aliphatic rings. The zero-order valence-corrected chi connectivity index (χ0v) is 20.9. The number of carbonyl (C=O) groups is 1. The standard InChI is InChI=1S/C24H36O14/c1-24(2,33)21(32)11-5-3-4-6-12(11)34-7-8-35-22-19(31)17(29)20(14(10-26)37-22)38-23-18(30)16(28)15(27)13(9-25)36-23/h3-6,13-20,22-23,25-31,33H,7-10H2,1-2H3/t13-,14-,15-,16+,17-,18-,19-,20-,22-,23+/m1/s1. The zero-order chi connectivity index (χ0) is 28.2. The summed E-state index contributed by atoms with van der Waals surface area (Å²) in [6.07, 6.45) is -15.6. The molecule has 0 spiro atoms. The summed E-state index contributed by atoms with van der Waals surface area (Å²) in [5, 5.41) is 80.3. The van der Waals surface area contributed by atoms with Gasteiger partial charge in [0.1, 0.15) is 66.8 Å². The maximum absolute atomic E-state index is 12.4. The Morgan fingerprint density at radius 3 is 2.08 bits per heavy atom. The van der Waals surface area contributed by atoms with Crippen LogP contribution in [0, 0.1) is 0 Å².